The summed E-state index contributed by atoms with van der Waals surface area (Å²) in [4.78, 5) is 4.21. The third-order valence-electron chi connectivity index (χ3n) is 3.54. The van der Waals surface area contributed by atoms with Crippen molar-refractivity contribution in [3.05, 3.63) is 48.0 Å². The van der Waals surface area contributed by atoms with Gasteiger partial charge < -0.3 is 9.30 Å². The van der Waals surface area contributed by atoms with Crippen LogP contribution in [-0.4, -0.2) is 16.7 Å². The number of fused-ring (bicyclic) bond motifs is 1. The molecular weight excluding hydrogens is 212 g/mol. The number of benzene rings is 1. The SMILES string of the molecule is COc1ccccc1C1CCc2cncn2C1. The summed E-state index contributed by atoms with van der Waals surface area (Å²) in [5.74, 6) is 1.54. The molecule has 3 rings (SSSR count). The molecule has 1 aliphatic heterocycles. The standard InChI is InChI=1S/C14H16N2O/c1-17-14-5-3-2-4-13(14)11-6-7-12-8-15-10-16(12)9-11/h2-5,8,10-11H,6-7,9H2,1H3. The number of methoxy groups -OCH3 is 1. The zero-order valence-electron chi connectivity index (χ0n) is 9.97. The number of para-hydroxylation sites is 1. The van der Waals surface area contributed by atoms with Crippen LogP contribution < -0.4 is 4.74 Å². The van der Waals surface area contributed by atoms with E-state index in [4.69, 9.17) is 4.74 Å². The monoisotopic (exact) mass is 228 g/mol. The molecule has 0 bridgehead atoms. The minimum absolute atomic E-state index is 0.535. The molecule has 0 saturated heterocycles. The summed E-state index contributed by atoms with van der Waals surface area (Å²) >= 11 is 0. The lowest BCUT2D eigenvalue weighted by Gasteiger charge is -2.25. The van der Waals surface area contributed by atoms with E-state index in [0.29, 0.717) is 5.92 Å². The van der Waals surface area contributed by atoms with Crippen LogP contribution >= 0.6 is 0 Å². The van der Waals surface area contributed by atoms with E-state index in [2.05, 4.69) is 21.7 Å². The highest BCUT2D eigenvalue weighted by molar-refractivity contribution is 5.36. The zero-order valence-corrected chi connectivity index (χ0v) is 9.97. The van der Waals surface area contributed by atoms with E-state index in [1.54, 1.807) is 7.11 Å². The maximum Gasteiger partial charge on any atom is 0.122 e. The van der Waals surface area contributed by atoms with E-state index in [9.17, 15) is 0 Å². The maximum absolute atomic E-state index is 5.44. The second-order valence-electron chi connectivity index (χ2n) is 4.51. The Morgan fingerprint density at radius 1 is 1.35 bits per heavy atom. The molecule has 1 aliphatic rings. The Labute approximate surface area is 101 Å². The fraction of sp³-hybridized carbons (Fsp3) is 0.357. The van der Waals surface area contributed by atoms with Gasteiger partial charge in [-0.1, -0.05) is 18.2 Å². The topological polar surface area (TPSA) is 27.1 Å². The number of hydrogen-bond acceptors (Lipinski definition) is 2. The Balaban J connectivity index is 1.91. The van der Waals surface area contributed by atoms with Crippen molar-refractivity contribution in [1.29, 1.82) is 0 Å². The fourth-order valence-electron chi connectivity index (χ4n) is 2.63. The van der Waals surface area contributed by atoms with Crippen LogP contribution in [0.2, 0.25) is 0 Å². The molecule has 0 radical (unpaired) electrons. The molecule has 0 aliphatic carbocycles. The summed E-state index contributed by atoms with van der Waals surface area (Å²) < 4.78 is 7.69. The summed E-state index contributed by atoms with van der Waals surface area (Å²) in [6, 6.07) is 8.32. The van der Waals surface area contributed by atoms with Gasteiger partial charge in [-0.2, -0.15) is 0 Å². The van der Waals surface area contributed by atoms with Gasteiger partial charge in [0.05, 0.1) is 13.4 Å². The second kappa shape index (κ2) is 4.24. The van der Waals surface area contributed by atoms with Crippen molar-refractivity contribution in [3.8, 4) is 5.75 Å². The van der Waals surface area contributed by atoms with E-state index in [1.165, 1.54) is 17.7 Å². The van der Waals surface area contributed by atoms with Gasteiger partial charge in [0.15, 0.2) is 0 Å². The van der Waals surface area contributed by atoms with E-state index in [0.717, 1.165) is 18.7 Å². The summed E-state index contributed by atoms with van der Waals surface area (Å²) in [6.45, 7) is 1.01. The van der Waals surface area contributed by atoms with Gasteiger partial charge in [-0.05, 0) is 24.5 Å². The van der Waals surface area contributed by atoms with Crippen LogP contribution in [-0.2, 0) is 13.0 Å². The third kappa shape index (κ3) is 1.82. The van der Waals surface area contributed by atoms with Crippen molar-refractivity contribution < 1.29 is 4.74 Å². The lowest BCUT2D eigenvalue weighted by Crippen LogP contribution is -2.18. The number of aromatic nitrogens is 2. The minimum Gasteiger partial charge on any atom is -0.496 e. The molecule has 2 aromatic rings. The summed E-state index contributed by atoms with van der Waals surface area (Å²) in [6.07, 6.45) is 6.17. The number of aryl methyl sites for hydroxylation is 1. The predicted octanol–water partition coefficient (Wildman–Crippen LogP) is 2.62. The van der Waals surface area contributed by atoms with Crippen LogP contribution in [0.3, 0.4) is 0 Å². The smallest absolute Gasteiger partial charge is 0.122 e. The Morgan fingerprint density at radius 3 is 3.12 bits per heavy atom. The van der Waals surface area contributed by atoms with E-state index < -0.39 is 0 Å². The van der Waals surface area contributed by atoms with Gasteiger partial charge in [0.1, 0.15) is 5.75 Å². The summed E-state index contributed by atoms with van der Waals surface area (Å²) in [5.41, 5.74) is 2.66. The van der Waals surface area contributed by atoms with Crippen molar-refractivity contribution in [3.63, 3.8) is 0 Å². The second-order valence-corrected chi connectivity index (χ2v) is 4.51. The van der Waals surface area contributed by atoms with E-state index in [1.807, 2.05) is 24.7 Å². The molecule has 0 spiro atoms. The normalized spacial score (nSPS) is 18.8. The molecule has 1 aromatic heterocycles. The highest BCUT2D eigenvalue weighted by Gasteiger charge is 2.22. The van der Waals surface area contributed by atoms with Gasteiger partial charge in [-0.25, -0.2) is 4.98 Å². The summed E-state index contributed by atoms with van der Waals surface area (Å²) in [5, 5.41) is 0. The first kappa shape index (κ1) is 10.4. The van der Waals surface area contributed by atoms with Gasteiger partial charge in [-0.3, -0.25) is 0 Å². The minimum atomic E-state index is 0.535. The van der Waals surface area contributed by atoms with Crippen LogP contribution in [0.1, 0.15) is 23.6 Å². The average molecular weight is 228 g/mol. The molecule has 0 N–H and O–H groups in total. The molecule has 2 heterocycles. The van der Waals surface area contributed by atoms with Crippen molar-refractivity contribution in [1.82, 2.24) is 9.55 Å². The molecule has 17 heavy (non-hydrogen) atoms. The highest BCUT2D eigenvalue weighted by Crippen LogP contribution is 2.33. The lowest BCUT2D eigenvalue weighted by atomic mass is 9.90. The molecule has 3 nitrogen and oxygen atoms in total. The average Bonchev–Trinajstić information content (AvgIpc) is 2.85. The highest BCUT2D eigenvalue weighted by atomic mass is 16.5. The number of nitrogens with zero attached hydrogens (tertiary/aromatic N) is 2. The van der Waals surface area contributed by atoms with Crippen molar-refractivity contribution >= 4 is 0 Å². The molecule has 88 valence electrons. The Hall–Kier alpha value is -1.77. The van der Waals surface area contributed by atoms with E-state index in [-0.39, 0.29) is 0 Å². The lowest BCUT2D eigenvalue weighted by molar-refractivity contribution is 0.391. The Kier molecular flexibility index (Phi) is 2.59. The first-order chi connectivity index (χ1) is 8.38. The predicted molar refractivity (Wildman–Crippen MR) is 66.3 cm³/mol. The zero-order chi connectivity index (χ0) is 11.7. The van der Waals surface area contributed by atoms with Crippen LogP contribution in [0, 0.1) is 0 Å². The first-order valence-corrected chi connectivity index (χ1v) is 6.00. The van der Waals surface area contributed by atoms with Gasteiger partial charge in [0.2, 0.25) is 0 Å². The maximum atomic E-state index is 5.44. The molecule has 1 atom stereocenters. The Bertz CT molecular complexity index is 518. The van der Waals surface area contributed by atoms with Crippen LogP contribution in [0.25, 0.3) is 0 Å². The molecule has 1 unspecified atom stereocenters. The molecule has 0 saturated carbocycles. The number of hydrogen-bond donors (Lipinski definition) is 0. The van der Waals surface area contributed by atoms with E-state index >= 15 is 0 Å². The first-order valence-electron chi connectivity index (χ1n) is 6.00. The third-order valence-corrected chi connectivity index (χ3v) is 3.54. The Morgan fingerprint density at radius 2 is 2.24 bits per heavy atom. The quantitative estimate of drug-likeness (QED) is 0.790. The number of imidazole rings is 1. The fourth-order valence-corrected chi connectivity index (χ4v) is 2.63. The van der Waals surface area contributed by atoms with Gasteiger partial charge in [0.25, 0.3) is 0 Å². The van der Waals surface area contributed by atoms with Crippen LogP contribution in [0.15, 0.2) is 36.8 Å². The molecular formula is C14H16N2O. The van der Waals surface area contributed by atoms with Crippen molar-refractivity contribution in [2.75, 3.05) is 7.11 Å². The summed E-state index contributed by atoms with van der Waals surface area (Å²) in [7, 11) is 1.74. The molecule has 0 fully saturated rings. The van der Waals surface area contributed by atoms with Crippen LogP contribution in [0.4, 0.5) is 0 Å². The van der Waals surface area contributed by atoms with Crippen molar-refractivity contribution in [2.45, 2.75) is 25.3 Å². The van der Waals surface area contributed by atoms with Gasteiger partial charge in [-0.15, -0.1) is 0 Å². The van der Waals surface area contributed by atoms with Gasteiger partial charge in [0, 0.05) is 24.4 Å². The molecule has 0 amide bonds. The number of ether oxygens (including phenoxy) is 1. The molecule has 1 aromatic carbocycles. The number of rotatable bonds is 2. The van der Waals surface area contributed by atoms with Crippen molar-refractivity contribution in [2.24, 2.45) is 0 Å². The van der Waals surface area contributed by atoms with Gasteiger partial charge >= 0.3 is 0 Å². The molecule has 3 heteroatoms. The largest absolute Gasteiger partial charge is 0.496 e. The van der Waals surface area contributed by atoms with Crippen LogP contribution in [0.5, 0.6) is 5.75 Å².